The molecule has 0 spiro atoms. The zero-order valence-corrected chi connectivity index (χ0v) is 9.63. The van der Waals surface area contributed by atoms with Gasteiger partial charge in [-0.05, 0) is 48.8 Å². The van der Waals surface area contributed by atoms with E-state index in [1.54, 1.807) is 11.1 Å². The summed E-state index contributed by atoms with van der Waals surface area (Å²) in [6.07, 6.45) is 7.48. The smallest absolute Gasteiger partial charge is 0.0294 e. The fourth-order valence-corrected chi connectivity index (χ4v) is 2.46. The highest BCUT2D eigenvalue weighted by Crippen LogP contribution is 2.25. The van der Waals surface area contributed by atoms with E-state index in [-0.39, 0.29) is 6.04 Å². The van der Waals surface area contributed by atoms with Crippen LogP contribution in [-0.4, -0.2) is 0 Å². The highest BCUT2D eigenvalue weighted by molar-refractivity contribution is 5.35. The van der Waals surface area contributed by atoms with Gasteiger partial charge in [0.15, 0.2) is 0 Å². The van der Waals surface area contributed by atoms with Crippen molar-refractivity contribution in [3.05, 3.63) is 34.9 Å². The minimum absolute atomic E-state index is 0.238. The maximum Gasteiger partial charge on any atom is 0.0294 e. The molecular formula is C14H21N. The van der Waals surface area contributed by atoms with E-state index in [9.17, 15) is 0 Å². The summed E-state index contributed by atoms with van der Waals surface area (Å²) in [5.41, 5.74) is 10.6. The molecule has 0 fully saturated rings. The standard InChI is InChI=1S/C14H21N/c1-2-5-14(15)13-9-8-11-6-3-4-7-12(11)10-13/h8-10,14H,2-7,15H2,1H3. The van der Waals surface area contributed by atoms with E-state index < -0.39 is 0 Å². The van der Waals surface area contributed by atoms with E-state index in [1.165, 1.54) is 31.2 Å². The van der Waals surface area contributed by atoms with Crippen LogP contribution in [0.3, 0.4) is 0 Å². The second kappa shape index (κ2) is 4.80. The number of benzene rings is 1. The Kier molecular flexibility index (Phi) is 3.42. The lowest BCUT2D eigenvalue weighted by Crippen LogP contribution is -2.11. The van der Waals surface area contributed by atoms with Crippen molar-refractivity contribution in [1.29, 1.82) is 0 Å². The van der Waals surface area contributed by atoms with Gasteiger partial charge < -0.3 is 5.73 Å². The third-order valence-electron chi connectivity index (χ3n) is 3.40. The van der Waals surface area contributed by atoms with Gasteiger partial charge >= 0.3 is 0 Å². The van der Waals surface area contributed by atoms with Crippen molar-refractivity contribution >= 4 is 0 Å². The van der Waals surface area contributed by atoms with Crippen LogP contribution >= 0.6 is 0 Å². The number of aryl methyl sites for hydroxylation is 2. The van der Waals surface area contributed by atoms with Crippen molar-refractivity contribution in [1.82, 2.24) is 0 Å². The second-order valence-electron chi connectivity index (χ2n) is 4.63. The topological polar surface area (TPSA) is 26.0 Å². The zero-order chi connectivity index (χ0) is 10.7. The Morgan fingerprint density at radius 3 is 2.67 bits per heavy atom. The van der Waals surface area contributed by atoms with E-state index in [1.807, 2.05) is 0 Å². The summed E-state index contributed by atoms with van der Waals surface area (Å²) < 4.78 is 0. The van der Waals surface area contributed by atoms with Crippen molar-refractivity contribution < 1.29 is 0 Å². The third kappa shape index (κ3) is 2.40. The molecule has 1 aromatic carbocycles. The first-order valence-corrected chi connectivity index (χ1v) is 6.18. The molecule has 1 aromatic rings. The monoisotopic (exact) mass is 203 g/mol. The molecule has 1 atom stereocenters. The highest BCUT2D eigenvalue weighted by atomic mass is 14.6. The second-order valence-corrected chi connectivity index (χ2v) is 4.63. The molecule has 1 unspecified atom stereocenters. The molecule has 1 aliphatic rings. The Morgan fingerprint density at radius 2 is 1.93 bits per heavy atom. The molecule has 0 saturated carbocycles. The van der Waals surface area contributed by atoms with Gasteiger partial charge in [0.25, 0.3) is 0 Å². The molecule has 1 nitrogen and oxygen atoms in total. The van der Waals surface area contributed by atoms with Gasteiger partial charge in [-0.3, -0.25) is 0 Å². The van der Waals surface area contributed by atoms with E-state index in [0.29, 0.717) is 0 Å². The molecule has 0 heterocycles. The van der Waals surface area contributed by atoms with Gasteiger partial charge in [-0.1, -0.05) is 31.5 Å². The van der Waals surface area contributed by atoms with Crippen LogP contribution in [0.15, 0.2) is 18.2 Å². The molecule has 2 rings (SSSR count). The molecule has 0 saturated heterocycles. The molecule has 0 aliphatic heterocycles. The summed E-state index contributed by atoms with van der Waals surface area (Å²) in [6.45, 7) is 2.19. The number of hydrogen-bond donors (Lipinski definition) is 1. The molecule has 82 valence electrons. The maximum atomic E-state index is 6.14. The van der Waals surface area contributed by atoms with Crippen LogP contribution in [0.25, 0.3) is 0 Å². The van der Waals surface area contributed by atoms with Crippen LogP contribution in [0.5, 0.6) is 0 Å². The zero-order valence-electron chi connectivity index (χ0n) is 9.63. The Morgan fingerprint density at radius 1 is 1.20 bits per heavy atom. The van der Waals surface area contributed by atoms with E-state index in [0.717, 1.165) is 12.8 Å². The van der Waals surface area contributed by atoms with E-state index in [4.69, 9.17) is 5.73 Å². The molecule has 0 bridgehead atoms. The van der Waals surface area contributed by atoms with E-state index >= 15 is 0 Å². The summed E-state index contributed by atoms with van der Waals surface area (Å²) in [5.74, 6) is 0. The summed E-state index contributed by atoms with van der Waals surface area (Å²) in [6, 6.07) is 7.10. The van der Waals surface area contributed by atoms with Crippen LogP contribution in [0, 0.1) is 0 Å². The minimum Gasteiger partial charge on any atom is -0.324 e. The van der Waals surface area contributed by atoms with Gasteiger partial charge in [0.2, 0.25) is 0 Å². The predicted octanol–water partition coefficient (Wildman–Crippen LogP) is 3.37. The largest absolute Gasteiger partial charge is 0.324 e. The number of nitrogens with two attached hydrogens (primary N) is 1. The van der Waals surface area contributed by atoms with Crippen molar-refractivity contribution in [2.75, 3.05) is 0 Å². The molecule has 2 N–H and O–H groups in total. The Hall–Kier alpha value is -0.820. The van der Waals surface area contributed by atoms with Crippen LogP contribution in [-0.2, 0) is 12.8 Å². The highest BCUT2D eigenvalue weighted by Gasteiger charge is 2.11. The van der Waals surface area contributed by atoms with Crippen LogP contribution in [0.2, 0.25) is 0 Å². The van der Waals surface area contributed by atoms with Crippen LogP contribution in [0.1, 0.15) is 55.3 Å². The molecule has 0 aromatic heterocycles. The average Bonchev–Trinajstić information content (AvgIpc) is 2.29. The number of fused-ring (bicyclic) bond motifs is 1. The molecule has 15 heavy (non-hydrogen) atoms. The van der Waals surface area contributed by atoms with Gasteiger partial charge in [0, 0.05) is 6.04 Å². The molecule has 1 aliphatic carbocycles. The summed E-state index contributed by atoms with van der Waals surface area (Å²) in [7, 11) is 0. The number of hydrogen-bond acceptors (Lipinski definition) is 1. The quantitative estimate of drug-likeness (QED) is 0.801. The normalized spacial score (nSPS) is 17.2. The lowest BCUT2D eigenvalue weighted by molar-refractivity contribution is 0.632. The SMILES string of the molecule is CCCC(N)c1ccc2c(c1)CCCC2. The first kappa shape index (κ1) is 10.7. The van der Waals surface area contributed by atoms with Crippen molar-refractivity contribution in [3.63, 3.8) is 0 Å². The van der Waals surface area contributed by atoms with Gasteiger partial charge in [0.05, 0.1) is 0 Å². The van der Waals surface area contributed by atoms with Gasteiger partial charge in [-0.15, -0.1) is 0 Å². The van der Waals surface area contributed by atoms with Gasteiger partial charge in [0.1, 0.15) is 0 Å². The lowest BCUT2D eigenvalue weighted by Gasteiger charge is -2.18. The predicted molar refractivity (Wildman–Crippen MR) is 64.9 cm³/mol. The van der Waals surface area contributed by atoms with Crippen molar-refractivity contribution in [3.8, 4) is 0 Å². The van der Waals surface area contributed by atoms with Crippen LogP contribution in [0.4, 0.5) is 0 Å². The Balaban J connectivity index is 2.20. The van der Waals surface area contributed by atoms with Crippen molar-refractivity contribution in [2.24, 2.45) is 5.73 Å². The number of rotatable bonds is 3. The summed E-state index contributed by atoms with van der Waals surface area (Å²) in [4.78, 5) is 0. The summed E-state index contributed by atoms with van der Waals surface area (Å²) >= 11 is 0. The molecule has 0 radical (unpaired) electrons. The fourth-order valence-electron chi connectivity index (χ4n) is 2.46. The summed E-state index contributed by atoms with van der Waals surface area (Å²) in [5, 5.41) is 0. The van der Waals surface area contributed by atoms with Crippen molar-refractivity contribution in [2.45, 2.75) is 51.5 Å². The molecule has 0 amide bonds. The Bertz CT molecular complexity index is 330. The van der Waals surface area contributed by atoms with Gasteiger partial charge in [-0.2, -0.15) is 0 Å². The third-order valence-corrected chi connectivity index (χ3v) is 3.40. The lowest BCUT2D eigenvalue weighted by atomic mass is 9.89. The Labute approximate surface area is 92.7 Å². The van der Waals surface area contributed by atoms with Crippen LogP contribution < -0.4 is 5.73 Å². The first-order chi connectivity index (χ1) is 7.31. The van der Waals surface area contributed by atoms with Gasteiger partial charge in [-0.25, -0.2) is 0 Å². The first-order valence-electron chi connectivity index (χ1n) is 6.18. The molecule has 1 heteroatoms. The average molecular weight is 203 g/mol. The minimum atomic E-state index is 0.238. The van der Waals surface area contributed by atoms with E-state index in [2.05, 4.69) is 25.1 Å². The fraction of sp³-hybridized carbons (Fsp3) is 0.571. The maximum absolute atomic E-state index is 6.14. The molecular weight excluding hydrogens is 182 g/mol.